The van der Waals surface area contributed by atoms with Crippen molar-refractivity contribution in [3.05, 3.63) is 23.8 Å². The van der Waals surface area contributed by atoms with E-state index in [-0.39, 0.29) is 11.8 Å². The van der Waals surface area contributed by atoms with E-state index in [0.717, 1.165) is 24.3 Å². The van der Waals surface area contributed by atoms with Gasteiger partial charge in [0.15, 0.2) is 0 Å². The van der Waals surface area contributed by atoms with Gasteiger partial charge in [-0.15, -0.1) is 0 Å². The number of hydrogen-bond donors (Lipinski definition) is 3. The highest BCUT2D eigenvalue weighted by Gasteiger charge is 2.12. The third-order valence-corrected chi connectivity index (χ3v) is 3.02. The van der Waals surface area contributed by atoms with Crippen LogP contribution in [-0.2, 0) is 0 Å². The Bertz CT molecular complexity index is 351. The number of benzene rings is 1. The molecule has 0 aliphatic heterocycles. The van der Waals surface area contributed by atoms with Crippen LogP contribution in [0.1, 0.15) is 31.9 Å². The number of hydrogen-bond acceptors (Lipinski definition) is 4. The molecule has 0 unspecified atom stereocenters. The molecule has 0 saturated heterocycles. The van der Waals surface area contributed by atoms with Crippen molar-refractivity contribution in [2.45, 2.75) is 26.3 Å². The maximum absolute atomic E-state index is 9.98. The predicted molar refractivity (Wildman–Crippen MR) is 72.3 cm³/mol. The molecule has 4 heteroatoms. The Balaban J connectivity index is 2.92. The van der Waals surface area contributed by atoms with Gasteiger partial charge in [-0.2, -0.15) is 0 Å². The van der Waals surface area contributed by atoms with Crippen LogP contribution >= 0.6 is 0 Å². The Kier molecular flexibility index (Phi) is 5.25. The standard InChI is InChI=1S/C13H23N3O/c1-3-16(4-2)10-5-6-11(13(17)9-10)12(15)7-8-14/h5-6,9,12,17H,3-4,7-8,14-15H2,1-2H3/t12-/m1/s1. The Labute approximate surface area is 103 Å². The maximum Gasteiger partial charge on any atom is 0.122 e. The third-order valence-electron chi connectivity index (χ3n) is 3.02. The number of nitrogens with two attached hydrogens (primary N) is 2. The first-order chi connectivity index (χ1) is 8.13. The van der Waals surface area contributed by atoms with E-state index in [1.54, 1.807) is 6.07 Å². The van der Waals surface area contributed by atoms with E-state index >= 15 is 0 Å². The lowest BCUT2D eigenvalue weighted by Gasteiger charge is -2.22. The molecule has 4 nitrogen and oxygen atoms in total. The molecule has 0 saturated carbocycles. The number of nitrogens with zero attached hydrogens (tertiary/aromatic N) is 1. The van der Waals surface area contributed by atoms with Crippen LogP contribution in [0.4, 0.5) is 5.69 Å². The summed E-state index contributed by atoms with van der Waals surface area (Å²) in [5.41, 5.74) is 13.2. The molecule has 0 bridgehead atoms. The SMILES string of the molecule is CCN(CC)c1ccc([C@H](N)CCN)c(O)c1. The number of phenols is 1. The molecule has 0 aliphatic rings. The fourth-order valence-corrected chi connectivity index (χ4v) is 1.97. The van der Waals surface area contributed by atoms with Gasteiger partial charge in [0.05, 0.1) is 0 Å². The smallest absolute Gasteiger partial charge is 0.122 e. The second-order valence-electron chi connectivity index (χ2n) is 4.10. The lowest BCUT2D eigenvalue weighted by atomic mass is 10.0. The molecule has 0 fully saturated rings. The molecule has 1 aromatic carbocycles. The predicted octanol–water partition coefficient (Wildman–Crippen LogP) is 1.59. The zero-order valence-electron chi connectivity index (χ0n) is 10.7. The van der Waals surface area contributed by atoms with Crippen LogP contribution in [0.25, 0.3) is 0 Å². The molecule has 0 spiro atoms. The van der Waals surface area contributed by atoms with E-state index in [2.05, 4.69) is 18.7 Å². The van der Waals surface area contributed by atoms with Crippen molar-refractivity contribution in [1.29, 1.82) is 0 Å². The minimum absolute atomic E-state index is 0.189. The van der Waals surface area contributed by atoms with Crippen molar-refractivity contribution in [2.24, 2.45) is 11.5 Å². The molecular weight excluding hydrogens is 214 g/mol. The Morgan fingerprint density at radius 2 is 1.94 bits per heavy atom. The van der Waals surface area contributed by atoms with E-state index in [9.17, 15) is 5.11 Å². The number of aromatic hydroxyl groups is 1. The van der Waals surface area contributed by atoms with Gasteiger partial charge in [0.25, 0.3) is 0 Å². The number of phenolic OH excluding ortho intramolecular Hbond substituents is 1. The largest absolute Gasteiger partial charge is 0.508 e. The Morgan fingerprint density at radius 3 is 2.41 bits per heavy atom. The lowest BCUT2D eigenvalue weighted by molar-refractivity contribution is 0.459. The van der Waals surface area contributed by atoms with E-state index in [1.807, 2.05) is 12.1 Å². The second kappa shape index (κ2) is 6.47. The average Bonchev–Trinajstić information content (AvgIpc) is 2.31. The monoisotopic (exact) mass is 237 g/mol. The lowest BCUT2D eigenvalue weighted by Crippen LogP contribution is -2.22. The first-order valence-corrected chi connectivity index (χ1v) is 6.17. The van der Waals surface area contributed by atoms with Crippen LogP contribution in [-0.4, -0.2) is 24.7 Å². The molecule has 0 aromatic heterocycles. The Hall–Kier alpha value is -1.26. The van der Waals surface area contributed by atoms with E-state index in [0.29, 0.717) is 13.0 Å². The average molecular weight is 237 g/mol. The molecule has 1 rings (SSSR count). The number of rotatable bonds is 6. The first-order valence-electron chi connectivity index (χ1n) is 6.17. The maximum atomic E-state index is 9.98. The van der Waals surface area contributed by atoms with Gasteiger partial charge in [-0.05, 0) is 32.9 Å². The van der Waals surface area contributed by atoms with Crippen LogP contribution in [0.2, 0.25) is 0 Å². The van der Waals surface area contributed by atoms with Crippen LogP contribution in [0, 0.1) is 0 Å². The van der Waals surface area contributed by atoms with Crippen LogP contribution in [0.15, 0.2) is 18.2 Å². The van der Waals surface area contributed by atoms with Crippen molar-refractivity contribution in [3.63, 3.8) is 0 Å². The summed E-state index contributed by atoms with van der Waals surface area (Å²) in [5, 5.41) is 9.98. The van der Waals surface area contributed by atoms with Crippen LogP contribution in [0.5, 0.6) is 5.75 Å². The summed E-state index contributed by atoms with van der Waals surface area (Å²) in [6.45, 7) is 6.55. The van der Waals surface area contributed by atoms with E-state index < -0.39 is 0 Å². The normalized spacial score (nSPS) is 12.5. The van der Waals surface area contributed by atoms with Crippen molar-refractivity contribution in [3.8, 4) is 5.75 Å². The Morgan fingerprint density at radius 1 is 1.29 bits per heavy atom. The topological polar surface area (TPSA) is 75.5 Å². The van der Waals surface area contributed by atoms with Gasteiger partial charge in [0.1, 0.15) is 5.75 Å². The van der Waals surface area contributed by atoms with Gasteiger partial charge in [-0.3, -0.25) is 0 Å². The minimum atomic E-state index is -0.189. The molecule has 1 aromatic rings. The summed E-state index contributed by atoms with van der Waals surface area (Å²) in [6.07, 6.45) is 0.679. The van der Waals surface area contributed by atoms with Crippen molar-refractivity contribution >= 4 is 5.69 Å². The second-order valence-corrected chi connectivity index (χ2v) is 4.10. The number of anilines is 1. The molecule has 5 N–H and O–H groups in total. The van der Waals surface area contributed by atoms with E-state index in [1.165, 1.54) is 0 Å². The first kappa shape index (κ1) is 13.8. The van der Waals surface area contributed by atoms with Crippen molar-refractivity contribution < 1.29 is 5.11 Å². The summed E-state index contributed by atoms with van der Waals surface area (Å²) in [7, 11) is 0. The van der Waals surface area contributed by atoms with E-state index in [4.69, 9.17) is 11.5 Å². The van der Waals surface area contributed by atoms with Crippen LogP contribution < -0.4 is 16.4 Å². The summed E-state index contributed by atoms with van der Waals surface area (Å²) in [6, 6.07) is 5.48. The minimum Gasteiger partial charge on any atom is -0.508 e. The summed E-state index contributed by atoms with van der Waals surface area (Å²) < 4.78 is 0. The van der Waals surface area contributed by atoms with Gasteiger partial charge in [-0.25, -0.2) is 0 Å². The van der Waals surface area contributed by atoms with Gasteiger partial charge >= 0.3 is 0 Å². The molecular formula is C13H23N3O. The molecule has 96 valence electrons. The summed E-state index contributed by atoms with van der Waals surface area (Å²) in [4.78, 5) is 2.18. The van der Waals surface area contributed by atoms with Gasteiger partial charge in [-0.1, -0.05) is 6.07 Å². The summed E-state index contributed by atoms with van der Waals surface area (Å²) in [5.74, 6) is 0.260. The summed E-state index contributed by atoms with van der Waals surface area (Å²) >= 11 is 0. The van der Waals surface area contributed by atoms with Gasteiger partial charge < -0.3 is 21.5 Å². The highest BCUT2D eigenvalue weighted by Crippen LogP contribution is 2.29. The third kappa shape index (κ3) is 3.35. The molecule has 0 heterocycles. The highest BCUT2D eigenvalue weighted by molar-refractivity contribution is 5.53. The van der Waals surface area contributed by atoms with Gasteiger partial charge in [0.2, 0.25) is 0 Å². The molecule has 1 atom stereocenters. The highest BCUT2D eigenvalue weighted by atomic mass is 16.3. The zero-order chi connectivity index (χ0) is 12.8. The molecule has 0 amide bonds. The molecule has 0 aliphatic carbocycles. The quantitative estimate of drug-likeness (QED) is 0.702. The fraction of sp³-hybridized carbons (Fsp3) is 0.538. The van der Waals surface area contributed by atoms with Crippen molar-refractivity contribution in [2.75, 3.05) is 24.5 Å². The zero-order valence-corrected chi connectivity index (χ0v) is 10.7. The van der Waals surface area contributed by atoms with Gasteiger partial charge in [0, 0.05) is 36.4 Å². The molecule has 17 heavy (non-hydrogen) atoms. The fourth-order valence-electron chi connectivity index (χ4n) is 1.97. The van der Waals surface area contributed by atoms with Crippen molar-refractivity contribution in [1.82, 2.24) is 0 Å². The molecule has 0 radical (unpaired) electrons. The van der Waals surface area contributed by atoms with Crippen LogP contribution in [0.3, 0.4) is 0 Å².